The summed E-state index contributed by atoms with van der Waals surface area (Å²) in [6.07, 6.45) is -8.57. The Morgan fingerprint density at radius 1 is 1.24 bits per heavy atom. The Bertz CT molecular complexity index is 518. The number of halogens is 4. The predicted molar refractivity (Wildman–Crippen MR) is 46.4 cm³/mol. The maximum atomic E-state index is 13.1. The molecule has 92 valence electrons. The number of benzene rings is 1. The Morgan fingerprint density at radius 3 is 2.35 bits per heavy atom. The quantitative estimate of drug-likeness (QED) is 0.360. The lowest BCUT2D eigenvalue weighted by Crippen LogP contribution is -2.18. The molecule has 0 aromatic heterocycles. The van der Waals surface area contributed by atoms with Crippen LogP contribution in [0.1, 0.15) is 11.1 Å². The SMILES string of the molecule is Nc1c([N+](=O)[O-])ccc2c1C(F)(F)OC2(F)F. The largest absolute Gasteiger partial charge is 0.393 e. The number of nitro benzene ring substituents is 1. The van der Waals surface area contributed by atoms with Crippen LogP contribution in [0, 0.1) is 10.1 Å². The Morgan fingerprint density at radius 2 is 1.82 bits per heavy atom. The topological polar surface area (TPSA) is 78.4 Å². The molecule has 0 aliphatic carbocycles. The Hall–Kier alpha value is -1.90. The summed E-state index contributed by atoms with van der Waals surface area (Å²) in [7, 11) is 0. The fraction of sp³-hybridized carbons (Fsp3) is 0.250. The number of fused-ring (bicyclic) bond motifs is 1. The molecule has 0 saturated heterocycles. The highest BCUT2D eigenvalue weighted by Gasteiger charge is 2.59. The van der Waals surface area contributed by atoms with Gasteiger partial charge in [-0.15, -0.1) is 0 Å². The molecule has 17 heavy (non-hydrogen) atoms. The van der Waals surface area contributed by atoms with E-state index in [0.29, 0.717) is 12.1 Å². The summed E-state index contributed by atoms with van der Waals surface area (Å²) in [6, 6.07) is 1.14. The van der Waals surface area contributed by atoms with Gasteiger partial charge in [0.1, 0.15) is 5.69 Å². The number of rotatable bonds is 1. The molecule has 0 bridgehead atoms. The van der Waals surface area contributed by atoms with Crippen molar-refractivity contribution < 1.29 is 27.2 Å². The van der Waals surface area contributed by atoms with Crippen molar-refractivity contribution in [3.63, 3.8) is 0 Å². The Kier molecular flexibility index (Phi) is 2.09. The molecule has 0 amide bonds. The van der Waals surface area contributed by atoms with E-state index < -0.39 is 39.6 Å². The van der Waals surface area contributed by atoms with Crippen molar-refractivity contribution in [2.24, 2.45) is 0 Å². The molecular formula is C8H4F4N2O3. The second-order valence-corrected chi connectivity index (χ2v) is 3.31. The monoisotopic (exact) mass is 252 g/mol. The number of nitrogen functional groups attached to an aromatic ring is 1. The average molecular weight is 252 g/mol. The zero-order valence-electron chi connectivity index (χ0n) is 7.92. The van der Waals surface area contributed by atoms with Gasteiger partial charge in [-0.2, -0.15) is 17.6 Å². The fourth-order valence-electron chi connectivity index (χ4n) is 1.59. The van der Waals surface area contributed by atoms with Crippen molar-refractivity contribution >= 4 is 11.4 Å². The average Bonchev–Trinajstić information content (AvgIpc) is 2.32. The number of hydrogen-bond acceptors (Lipinski definition) is 4. The highest BCUT2D eigenvalue weighted by molar-refractivity contribution is 5.67. The third-order valence-electron chi connectivity index (χ3n) is 2.28. The van der Waals surface area contributed by atoms with Crippen molar-refractivity contribution in [1.29, 1.82) is 0 Å². The van der Waals surface area contributed by atoms with Crippen molar-refractivity contribution in [2.75, 3.05) is 5.73 Å². The summed E-state index contributed by atoms with van der Waals surface area (Å²) in [6.45, 7) is 0. The molecule has 0 saturated carbocycles. The molecule has 2 N–H and O–H groups in total. The number of nitrogens with two attached hydrogens (primary N) is 1. The second kappa shape index (κ2) is 3.06. The number of alkyl halides is 4. The third kappa shape index (κ3) is 1.50. The van der Waals surface area contributed by atoms with Gasteiger partial charge in [0.15, 0.2) is 0 Å². The van der Waals surface area contributed by atoms with Crippen molar-refractivity contribution in [3.05, 3.63) is 33.4 Å². The van der Waals surface area contributed by atoms with Crippen molar-refractivity contribution in [3.8, 4) is 0 Å². The minimum absolute atomic E-state index is 0.505. The zero-order valence-corrected chi connectivity index (χ0v) is 7.92. The Labute approximate surface area is 90.9 Å². The molecule has 0 atom stereocenters. The van der Waals surface area contributed by atoms with E-state index in [9.17, 15) is 27.7 Å². The van der Waals surface area contributed by atoms with Gasteiger partial charge in [0.05, 0.1) is 16.1 Å². The molecule has 1 aliphatic rings. The summed E-state index contributed by atoms with van der Waals surface area (Å²) >= 11 is 0. The van der Waals surface area contributed by atoms with Gasteiger partial charge in [-0.1, -0.05) is 0 Å². The van der Waals surface area contributed by atoms with Crippen LogP contribution in [0.3, 0.4) is 0 Å². The third-order valence-corrected chi connectivity index (χ3v) is 2.28. The first-order valence-corrected chi connectivity index (χ1v) is 4.20. The normalized spacial score (nSPS) is 20.0. The van der Waals surface area contributed by atoms with Crippen LogP contribution in [0.2, 0.25) is 0 Å². The lowest BCUT2D eigenvalue weighted by Gasteiger charge is -2.11. The molecule has 0 fully saturated rings. The zero-order chi connectivity index (χ0) is 13.0. The molecule has 1 aliphatic heterocycles. The number of anilines is 1. The van der Waals surface area contributed by atoms with E-state index in [-0.39, 0.29) is 0 Å². The Balaban J connectivity index is 2.76. The maximum absolute atomic E-state index is 13.1. The van der Waals surface area contributed by atoms with Crippen LogP contribution >= 0.6 is 0 Å². The summed E-state index contributed by atoms with van der Waals surface area (Å²) in [4.78, 5) is 9.41. The van der Waals surface area contributed by atoms with Gasteiger partial charge in [0.2, 0.25) is 0 Å². The minimum Gasteiger partial charge on any atom is -0.393 e. The molecule has 1 aromatic carbocycles. The fourth-order valence-corrected chi connectivity index (χ4v) is 1.59. The smallest absolute Gasteiger partial charge is 0.390 e. The number of nitrogens with zero attached hydrogens (tertiary/aromatic N) is 1. The second-order valence-electron chi connectivity index (χ2n) is 3.31. The van der Waals surface area contributed by atoms with Gasteiger partial charge in [0, 0.05) is 6.07 Å². The van der Waals surface area contributed by atoms with Crippen LogP contribution < -0.4 is 5.73 Å². The van der Waals surface area contributed by atoms with E-state index in [1.54, 1.807) is 0 Å². The maximum Gasteiger partial charge on any atom is 0.390 e. The summed E-state index contributed by atoms with van der Waals surface area (Å²) < 4.78 is 55.6. The van der Waals surface area contributed by atoms with Crippen LogP contribution in [0.4, 0.5) is 28.9 Å². The minimum atomic E-state index is -4.35. The van der Waals surface area contributed by atoms with Gasteiger partial charge in [-0.25, -0.2) is 4.74 Å². The van der Waals surface area contributed by atoms with Gasteiger partial charge in [0.25, 0.3) is 5.69 Å². The van der Waals surface area contributed by atoms with Gasteiger partial charge < -0.3 is 5.73 Å². The van der Waals surface area contributed by atoms with Gasteiger partial charge in [-0.05, 0) is 6.07 Å². The predicted octanol–water partition coefficient (Wildman–Crippen LogP) is 2.31. The van der Waals surface area contributed by atoms with E-state index >= 15 is 0 Å². The molecule has 1 aromatic rings. The number of ether oxygens (including phenoxy) is 1. The molecule has 1 heterocycles. The summed E-state index contributed by atoms with van der Waals surface area (Å²) in [5, 5.41) is 10.4. The molecule has 2 rings (SSSR count). The van der Waals surface area contributed by atoms with Crippen LogP contribution in [-0.4, -0.2) is 4.92 Å². The highest BCUT2D eigenvalue weighted by atomic mass is 19.3. The molecule has 0 unspecified atom stereocenters. The van der Waals surface area contributed by atoms with E-state index in [0.717, 1.165) is 0 Å². The first-order chi connectivity index (χ1) is 7.67. The van der Waals surface area contributed by atoms with Gasteiger partial charge in [-0.3, -0.25) is 10.1 Å². The van der Waals surface area contributed by atoms with E-state index in [1.807, 2.05) is 0 Å². The summed E-state index contributed by atoms with van der Waals surface area (Å²) in [5.41, 5.74) is 0.696. The van der Waals surface area contributed by atoms with Crippen molar-refractivity contribution in [1.82, 2.24) is 0 Å². The van der Waals surface area contributed by atoms with Crippen LogP contribution in [-0.2, 0) is 17.0 Å². The molecular weight excluding hydrogens is 248 g/mol. The van der Waals surface area contributed by atoms with Crippen molar-refractivity contribution in [2.45, 2.75) is 12.2 Å². The van der Waals surface area contributed by atoms with Gasteiger partial charge >= 0.3 is 12.2 Å². The lowest BCUT2D eigenvalue weighted by molar-refractivity contribution is -0.384. The summed E-state index contributed by atoms with van der Waals surface area (Å²) in [5.74, 6) is 0. The molecule has 0 spiro atoms. The number of nitro groups is 1. The lowest BCUT2D eigenvalue weighted by atomic mass is 10.0. The van der Waals surface area contributed by atoms with E-state index in [1.165, 1.54) is 0 Å². The van der Waals surface area contributed by atoms with Crippen LogP contribution in [0.25, 0.3) is 0 Å². The van der Waals surface area contributed by atoms with Crippen LogP contribution in [0.5, 0.6) is 0 Å². The first kappa shape index (κ1) is 11.6. The standard InChI is InChI=1S/C8H4F4N2O3/c9-7(10)3-1-2-4(14(15)16)6(13)5(3)8(11,12)17-7/h1-2H,13H2. The number of hydrogen-bond donors (Lipinski definition) is 1. The van der Waals surface area contributed by atoms with Crippen LogP contribution in [0.15, 0.2) is 12.1 Å². The molecule has 9 heteroatoms. The molecule has 0 radical (unpaired) electrons. The first-order valence-electron chi connectivity index (χ1n) is 4.20. The van der Waals surface area contributed by atoms with E-state index in [4.69, 9.17) is 5.73 Å². The highest BCUT2D eigenvalue weighted by Crippen LogP contribution is 2.54. The molecule has 5 nitrogen and oxygen atoms in total. The van der Waals surface area contributed by atoms with E-state index in [2.05, 4.69) is 4.74 Å².